The zero-order valence-electron chi connectivity index (χ0n) is 7.37. The van der Waals surface area contributed by atoms with Gasteiger partial charge in [-0.05, 0) is 19.3 Å². The first-order chi connectivity index (χ1) is 6.34. The average molecular weight is 200 g/mol. The Morgan fingerprint density at radius 1 is 1.62 bits per heavy atom. The lowest BCUT2D eigenvalue weighted by molar-refractivity contribution is 0.333. The van der Waals surface area contributed by atoms with Gasteiger partial charge < -0.3 is 5.32 Å². The molecule has 0 amide bonds. The highest BCUT2D eigenvalue weighted by atomic mass is 32.1. The monoisotopic (exact) mass is 200 g/mol. The van der Waals surface area contributed by atoms with Crippen LogP contribution in [0.25, 0.3) is 0 Å². The van der Waals surface area contributed by atoms with Crippen LogP contribution in [-0.4, -0.2) is 17.2 Å². The second-order valence-electron chi connectivity index (χ2n) is 3.47. The molecule has 1 aromatic heterocycles. The van der Waals surface area contributed by atoms with E-state index in [0.29, 0.717) is 18.9 Å². The van der Waals surface area contributed by atoms with Crippen molar-refractivity contribution in [3.8, 4) is 0 Å². The summed E-state index contributed by atoms with van der Waals surface area (Å²) < 4.78 is 12.8. The maximum absolute atomic E-state index is 12.8. The lowest BCUT2D eigenvalue weighted by Crippen LogP contribution is -2.26. The van der Waals surface area contributed by atoms with E-state index in [0.717, 1.165) is 18.7 Å². The highest BCUT2D eigenvalue weighted by Crippen LogP contribution is 2.21. The van der Waals surface area contributed by atoms with Gasteiger partial charge in [0, 0.05) is 18.0 Å². The van der Waals surface area contributed by atoms with Gasteiger partial charge in [0.05, 0.1) is 11.2 Å². The second kappa shape index (κ2) is 4.15. The molecule has 0 bridgehead atoms. The van der Waals surface area contributed by atoms with E-state index in [1.54, 1.807) is 11.3 Å². The van der Waals surface area contributed by atoms with Gasteiger partial charge >= 0.3 is 0 Å². The number of hydrogen-bond donors (Lipinski definition) is 1. The molecule has 72 valence electrons. The lowest BCUT2D eigenvalue weighted by Gasteiger charge is -2.09. The number of rotatable bonds is 3. The minimum Gasteiger partial charge on any atom is -0.308 e. The highest BCUT2D eigenvalue weighted by Gasteiger charge is 2.23. The van der Waals surface area contributed by atoms with Crippen LogP contribution >= 0.6 is 11.3 Å². The van der Waals surface area contributed by atoms with Crippen LogP contribution in [0.2, 0.25) is 0 Å². The average Bonchev–Trinajstić information content (AvgIpc) is 2.71. The van der Waals surface area contributed by atoms with Crippen molar-refractivity contribution in [2.45, 2.75) is 38.0 Å². The summed E-state index contributed by atoms with van der Waals surface area (Å²) in [6.07, 6.45) is 1.76. The third-order valence-electron chi connectivity index (χ3n) is 2.42. The standard InChI is InChI=1S/C9H13FN2S/c10-7-1-2-8(3-7)11-4-9-5-13-6-12-9/h5-8,11H,1-4H2. The van der Waals surface area contributed by atoms with Crippen LogP contribution in [-0.2, 0) is 6.54 Å². The fourth-order valence-electron chi connectivity index (χ4n) is 1.69. The SMILES string of the molecule is FC1CCC(NCc2cscn2)C1. The van der Waals surface area contributed by atoms with Crippen LogP contribution in [0, 0.1) is 0 Å². The predicted octanol–water partition coefficient (Wildman–Crippen LogP) is 2.12. The van der Waals surface area contributed by atoms with E-state index in [1.807, 2.05) is 10.9 Å². The normalized spacial score (nSPS) is 28.1. The van der Waals surface area contributed by atoms with E-state index in [2.05, 4.69) is 10.3 Å². The van der Waals surface area contributed by atoms with E-state index in [1.165, 1.54) is 0 Å². The number of alkyl halides is 1. The smallest absolute Gasteiger partial charge is 0.102 e. The molecular formula is C9H13FN2S. The van der Waals surface area contributed by atoms with Crippen molar-refractivity contribution in [2.24, 2.45) is 0 Å². The number of nitrogens with zero attached hydrogens (tertiary/aromatic N) is 1. The second-order valence-corrected chi connectivity index (χ2v) is 4.19. The van der Waals surface area contributed by atoms with E-state index in [-0.39, 0.29) is 0 Å². The Hall–Kier alpha value is -0.480. The molecule has 0 radical (unpaired) electrons. The van der Waals surface area contributed by atoms with Crippen LogP contribution in [0.5, 0.6) is 0 Å². The first-order valence-electron chi connectivity index (χ1n) is 4.59. The summed E-state index contributed by atoms with van der Waals surface area (Å²) in [5, 5.41) is 5.34. The van der Waals surface area contributed by atoms with Crippen molar-refractivity contribution in [3.05, 3.63) is 16.6 Å². The molecule has 1 aliphatic carbocycles. The minimum atomic E-state index is -0.590. The summed E-state index contributed by atoms with van der Waals surface area (Å²) in [6, 6.07) is 0.358. The number of hydrogen-bond acceptors (Lipinski definition) is 3. The molecule has 1 N–H and O–H groups in total. The molecule has 0 aliphatic heterocycles. The molecule has 2 unspecified atom stereocenters. The van der Waals surface area contributed by atoms with Gasteiger partial charge in [-0.25, -0.2) is 9.37 Å². The van der Waals surface area contributed by atoms with Crippen molar-refractivity contribution < 1.29 is 4.39 Å². The Morgan fingerprint density at radius 3 is 3.15 bits per heavy atom. The van der Waals surface area contributed by atoms with Gasteiger partial charge in [0.1, 0.15) is 6.17 Å². The van der Waals surface area contributed by atoms with Gasteiger partial charge in [0.15, 0.2) is 0 Å². The summed E-state index contributed by atoms with van der Waals surface area (Å²) in [6.45, 7) is 0.779. The Bertz CT molecular complexity index is 250. The van der Waals surface area contributed by atoms with Crippen LogP contribution < -0.4 is 5.32 Å². The van der Waals surface area contributed by atoms with Gasteiger partial charge in [-0.3, -0.25) is 0 Å². The zero-order chi connectivity index (χ0) is 9.10. The fourth-order valence-corrected chi connectivity index (χ4v) is 2.24. The fraction of sp³-hybridized carbons (Fsp3) is 0.667. The van der Waals surface area contributed by atoms with Gasteiger partial charge in [-0.2, -0.15) is 0 Å². The summed E-state index contributed by atoms with van der Waals surface area (Å²) in [7, 11) is 0. The Labute approximate surface area is 81.2 Å². The van der Waals surface area contributed by atoms with E-state index < -0.39 is 6.17 Å². The van der Waals surface area contributed by atoms with E-state index in [9.17, 15) is 4.39 Å². The third-order valence-corrected chi connectivity index (χ3v) is 3.06. The Morgan fingerprint density at radius 2 is 2.54 bits per heavy atom. The van der Waals surface area contributed by atoms with E-state index in [4.69, 9.17) is 0 Å². The van der Waals surface area contributed by atoms with Crippen molar-refractivity contribution >= 4 is 11.3 Å². The van der Waals surface area contributed by atoms with Gasteiger partial charge in [-0.1, -0.05) is 0 Å². The van der Waals surface area contributed by atoms with Crippen LogP contribution in [0.1, 0.15) is 25.0 Å². The molecule has 2 atom stereocenters. The summed E-state index contributed by atoms with van der Waals surface area (Å²) in [5.74, 6) is 0. The summed E-state index contributed by atoms with van der Waals surface area (Å²) in [5.41, 5.74) is 2.89. The predicted molar refractivity (Wildman–Crippen MR) is 51.5 cm³/mol. The van der Waals surface area contributed by atoms with Crippen molar-refractivity contribution in [3.63, 3.8) is 0 Å². The summed E-state index contributed by atoms with van der Waals surface area (Å²) in [4.78, 5) is 4.16. The molecule has 1 heterocycles. The largest absolute Gasteiger partial charge is 0.308 e. The third kappa shape index (κ3) is 2.48. The molecule has 1 saturated carbocycles. The Kier molecular flexibility index (Phi) is 2.90. The molecule has 1 aromatic rings. The van der Waals surface area contributed by atoms with Crippen LogP contribution in [0.15, 0.2) is 10.9 Å². The lowest BCUT2D eigenvalue weighted by atomic mass is 10.2. The molecule has 0 aromatic carbocycles. The van der Waals surface area contributed by atoms with Crippen molar-refractivity contribution in [1.29, 1.82) is 0 Å². The Balaban J connectivity index is 1.74. The number of thiazole rings is 1. The van der Waals surface area contributed by atoms with Crippen LogP contribution in [0.3, 0.4) is 0 Å². The zero-order valence-corrected chi connectivity index (χ0v) is 8.19. The molecule has 13 heavy (non-hydrogen) atoms. The quantitative estimate of drug-likeness (QED) is 0.808. The van der Waals surface area contributed by atoms with E-state index >= 15 is 0 Å². The van der Waals surface area contributed by atoms with Crippen LogP contribution in [0.4, 0.5) is 4.39 Å². The molecule has 0 spiro atoms. The highest BCUT2D eigenvalue weighted by molar-refractivity contribution is 7.07. The number of nitrogens with one attached hydrogen (secondary N) is 1. The van der Waals surface area contributed by atoms with Gasteiger partial charge in [0.2, 0.25) is 0 Å². The maximum atomic E-state index is 12.8. The minimum absolute atomic E-state index is 0.358. The molecule has 0 saturated heterocycles. The van der Waals surface area contributed by atoms with Crippen molar-refractivity contribution in [2.75, 3.05) is 0 Å². The molecule has 4 heteroatoms. The first kappa shape index (κ1) is 9.09. The van der Waals surface area contributed by atoms with Crippen molar-refractivity contribution in [1.82, 2.24) is 10.3 Å². The number of halogens is 1. The van der Waals surface area contributed by atoms with Gasteiger partial charge in [0.25, 0.3) is 0 Å². The molecule has 2 rings (SSSR count). The topological polar surface area (TPSA) is 24.9 Å². The molecule has 2 nitrogen and oxygen atoms in total. The maximum Gasteiger partial charge on any atom is 0.102 e. The number of aromatic nitrogens is 1. The van der Waals surface area contributed by atoms with Gasteiger partial charge in [-0.15, -0.1) is 11.3 Å². The molecule has 1 aliphatic rings. The molecule has 1 fully saturated rings. The first-order valence-corrected chi connectivity index (χ1v) is 5.53. The summed E-state index contributed by atoms with van der Waals surface area (Å²) >= 11 is 1.60. The molecular weight excluding hydrogens is 187 g/mol.